The minimum absolute atomic E-state index is 0.226. The van der Waals surface area contributed by atoms with Crippen molar-refractivity contribution < 1.29 is 9.90 Å². The van der Waals surface area contributed by atoms with E-state index in [1.54, 1.807) is 0 Å². The van der Waals surface area contributed by atoms with Crippen LogP contribution in [-0.4, -0.2) is 11.1 Å². The molecule has 0 unspecified atom stereocenters. The molecule has 1 aromatic rings. The van der Waals surface area contributed by atoms with E-state index in [1.165, 1.54) is 12.1 Å². The summed E-state index contributed by atoms with van der Waals surface area (Å²) >= 11 is 17.4. The van der Waals surface area contributed by atoms with Crippen molar-refractivity contribution in [3.8, 4) is 0 Å². The summed E-state index contributed by atoms with van der Waals surface area (Å²) < 4.78 is 0. The molecule has 0 bridgehead atoms. The molecule has 3 nitrogen and oxygen atoms in total. The van der Waals surface area contributed by atoms with Crippen molar-refractivity contribution >= 4 is 40.8 Å². The fourth-order valence-electron chi connectivity index (χ4n) is 1.14. The lowest BCUT2D eigenvalue weighted by atomic mass is 10.0. The van der Waals surface area contributed by atoms with E-state index in [4.69, 9.17) is 45.6 Å². The second kappa shape index (κ2) is 5.03. The lowest BCUT2D eigenvalue weighted by Gasteiger charge is -2.12. The molecule has 6 heteroatoms. The van der Waals surface area contributed by atoms with Gasteiger partial charge in [-0.15, -0.1) is 0 Å². The molecule has 3 N–H and O–H groups in total. The zero-order chi connectivity index (χ0) is 11.6. The lowest BCUT2D eigenvalue weighted by molar-refractivity contribution is -0.137. The van der Waals surface area contributed by atoms with Crippen LogP contribution in [0.4, 0.5) is 0 Å². The predicted molar refractivity (Wildman–Crippen MR) is 60.7 cm³/mol. The van der Waals surface area contributed by atoms with Crippen molar-refractivity contribution in [2.75, 3.05) is 0 Å². The van der Waals surface area contributed by atoms with Gasteiger partial charge in [0.25, 0.3) is 0 Å². The maximum absolute atomic E-state index is 10.5. The van der Waals surface area contributed by atoms with Crippen molar-refractivity contribution in [3.63, 3.8) is 0 Å². The zero-order valence-electron chi connectivity index (χ0n) is 7.51. The molecule has 1 rings (SSSR count). The fraction of sp³-hybridized carbons (Fsp3) is 0.222. The van der Waals surface area contributed by atoms with E-state index < -0.39 is 12.0 Å². The molecule has 0 radical (unpaired) electrons. The Morgan fingerprint density at radius 3 is 2.53 bits per heavy atom. The number of aliphatic carboxylic acids is 1. The second-order valence-corrected chi connectivity index (χ2v) is 4.22. The first-order chi connectivity index (χ1) is 6.91. The number of nitrogens with two attached hydrogens (primary N) is 1. The normalized spacial score (nSPS) is 12.5. The van der Waals surface area contributed by atoms with Gasteiger partial charge >= 0.3 is 5.97 Å². The monoisotopic (exact) mass is 267 g/mol. The predicted octanol–water partition coefficient (Wildman–Crippen LogP) is 3.12. The maximum Gasteiger partial charge on any atom is 0.305 e. The van der Waals surface area contributed by atoms with Gasteiger partial charge < -0.3 is 10.8 Å². The van der Waals surface area contributed by atoms with Gasteiger partial charge in [-0.2, -0.15) is 0 Å². The molecule has 0 saturated heterocycles. The van der Waals surface area contributed by atoms with Crippen LogP contribution in [0.25, 0.3) is 0 Å². The molecule has 0 aromatic heterocycles. The number of benzene rings is 1. The Balaban J connectivity index is 3.07. The highest BCUT2D eigenvalue weighted by molar-refractivity contribution is 6.43. The van der Waals surface area contributed by atoms with Gasteiger partial charge in [-0.05, 0) is 17.7 Å². The van der Waals surface area contributed by atoms with Gasteiger partial charge in [0.1, 0.15) is 0 Å². The molecule has 0 aliphatic heterocycles. The number of carboxylic acids is 1. The summed E-state index contributed by atoms with van der Waals surface area (Å²) in [4.78, 5) is 10.5. The van der Waals surface area contributed by atoms with Crippen LogP contribution >= 0.6 is 34.8 Å². The molecule has 0 aliphatic carbocycles. The van der Waals surface area contributed by atoms with Gasteiger partial charge in [0.15, 0.2) is 0 Å². The molecule has 1 atom stereocenters. The molecule has 1 aromatic carbocycles. The summed E-state index contributed by atoms with van der Waals surface area (Å²) in [5, 5.41) is 9.47. The first-order valence-corrected chi connectivity index (χ1v) is 5.17. The van der Waals surface area contributed by atoms with Crippen LogP contribution in [0.3, 0.4) is 0 Å². The van der Waals surface area contributed by atoms with E-state index >= 15 is 0 Å². The van der Waals surface area contributed by atoms with Gasteiger partial charge in [-0.3, -0.25) is 4.79 Å². The highest BCUT2D eigenvalue weighted by atomic mass is 35.5. The van der Waals surface area contributed by atoms with Crippen molar-refractivity contribution in [2.45, 2.75) is 12.5 Å². The summed E-state index contributed by atoms with van der Waals surface area (Å²) in [6.45, 7) is 0. The van der Waals surface area contributed by atoms with Crippen LogP contribution in [0.1, 0.15) is 18.0 Å². The summed E-state index contributed by atoms with van der Waals surface area (Å²) in [5.41, 5.74) is 6.09. The van der Waals surface area contributed by atoms with Crippen LogP contribution in [0.2, 0.25) is 15.1 Å². The van der Waals surface area contributed by atoms with E-state index in [0.29, 0.717) is 10.6 Å². The summed E-state index contributed by atoms with van der Waals surface area (Å²) in [7, 11) is 0. The number of carboxylic acid groups (broad SMARTS) is 1. The molecular weight excluding hydrogens is 260 g/mol. The molecule has 0 fully saturated rings. The lowest BCUT2D eigenvalue weighted by Crippen LogP contribution is -2.15. The molecule has 15 heavy (non-hydrogen) atoms. The number of hydrogen-bond donors (Lipinski definition) is 2. The molecule has 82 valence electrons. The van der Waals surface area contributed by atoms with Crippen molar-refractivity contribution in [3.05, 3.63) is 32.8 Å². The maximum atomic E-state index is 10.5. The van der Waals surface area contributed by atoms with Crippen LogP contribution in [0.15, 0.2) is 12.1 Å². The van der Waals surface area contributed by atoms with Gasteiger partial charge in [0.05, 0.1) is 16.5 Å². The Morgan fingerprint density at radius 2 is 2.00 bits per heavy atom. The topological polar surface area (TPSA) is 63.3 Å². The molecule has 0 saturated carbocycles. The van der Waals surface area contributed by atoms with Crippen molar-refractivity contribution in [1.29, 1.82) is 0 Å². The standard InChI is InChI=1S/C9H8Cl3NO2/c10-4-1-5(7(13)3-8(14)15)9(12)6(11)2-4/h1-2,7H,3,13H2,(H,14,15)/t7-/m0/s1. The Hall–Kier alpha value is -0.480. The Labute approximate surface area is 102 Å². The summed E-state index contributed by atoms with van der Waals surface area (Å²) in [5.74, 6) is -1.00. The van der Waals surface area contributed by atoms with Crippen LogP contribution in [-0.2, 0) is 4.79 Å². The molecule has 0 heterocycles. The third-order valence-electron chi connectivity index (χ3n) is 1.82. The van der Waals surface area contributed by atoms with Gasteiger partial charge in [0.2, 0.25) is 0 Å². The minimum Gasteiger partial charge on any atom is -0.481 e. The van der Waals surface area contributed by atoms with E-state index in [0.717, 1.165) is 0 Å². The second-order valence-electron chi connectivity index (χ2n) is 3.00. The fourth-order valence-corrected chi connectivity index (χ4v) is 1.90. The van der Waals surface area contributed by atoms with Gasteiger partial charge in [0, 0.05) is 11.1 Å². The van der Waals surface area contributed by atoms with Crippen molar-refractivity contribution in [2.24, 2.45) is 5.73 Å². The third kappa shape index (κ3) is 3.24. The van der Waals surface area contributed by atoms with Crippen LogP contribution in [0, 0.1) is 0 Å². The third-order valence-corrected chi connectivity index (χ3v) is 2.85. The largest absolute Gasteiger partial charge is 0.481 e. The number of carbonyl (C=O) groups is 1. The zero-order valence-corrected chi connectivity index (χ0v) is 9.77. The Bertz CT molecular complexity index is 395. The average Bonchev–Trinajstić information content (AvgIpc) is 2.09. The smallest absolute Gasteiger partial charge is 0.305 e. The van der Waals surface area contributed by atoms with E-state index in [9.17, 15) is 4.79 Å². The van der Waals surface area contributed by atoms with Crippen LogP contribution in [0.5, 0.6) is 0 Å². The number of rotatable bonds is 3. The SMILES string of the molecule is N[C@@H](CC(=O)O)c1cc(Cl)cc(Cl)c1Cl. The molecular formula is C9H8Cl3NO2. The molecule has 0 spiro atoms. The Morgan fingerprint density at radius 1 is 1.40 bits per heavy atom. The minimum atomic E-state index is -1.00. The van der Waals surface area contributed by atoms with Gasteiger partial charge in [-0.1, -0.05) is 34.8 Å². The first-order valence-electron chi connectivity index (χ1n) is 4.03. The van der Waals surface area contributed by atoms with Crippen LogP contribution < -0.4 is 5.73 Å². The quantitative estimate of drug-likeness (QED) is 0.828. The average molecular weight is 269 g/mol. The number of halogens is 3. The number of hydrogen-bond acceptors (Lipinski definition) is 2. The van der Waals surface area contributed by atoms with E-state index in [1.807, 2.05) is 0 Å². The molecule has 0 aliphatic rings. The van der Waals surface area contributed by atoms with E-state index in [-0.39, 0.29) is 16.5 Å². The molecule has 0 amide bonds. The van der Waals surface area contributed by atoms with E-state index in [2.05, 4.69) is 0 Å². The van der Waals surface area contributed by atoms with Gasteiger partial charge in [-0.25, -0.2) is 0 Å². The first kappa shape index (κ1) is 12.6. The van der Waals surface area contributed by atoms with Crippen molar-refractivity contribution in [1.82, 2.24) is 0 Å². The Kier molecular flexibility index (Phi) is 4.22. The summed E-state index contributed by atoms with van der Waals surface area (Å²) in [6.07, 6.45) is -0.226. The summed E-state index contributed by atoms with van der Waals surface area (Å²) in [6, 6.07) is 2.28. The highest BCUT2D eigenvalue weighted by Crippen LogP contribution is 2.33. The highest BCUT2D eigenvalue weighted by Gasteiger charge is 2.16.